The third-order valence-electron chi connectivity index (χ3n) is 4.35. The second-order valence-electron chi connectivity index (χ2n) is 6.27. The maximum absolute atomic E-state index is 13.0. The van der Waals surface area contributed by atoms with E-state index < -0.39 is 0 Å². The van der Waals surface area contributed by atoms with Gasteiger partial charge in [-0.1, -0.05) is 6.92 Å². The minimum Gasteiger partial charge on any atom is -0.404 e. The second kappa shape index (κ2) is 9.38. The molecule has 1 amide bonds. The van der Waals surface area contributed by atoms with Gasteiger partial charge in [-0.2, -0.15) is 0 Å². The molecule has 0 radical (unpaired) electrons. The van der Waals surface area contributed by atoms with Crippen LogP contribution in [0.3, 0.4) is 0 Å². The predicted octanol–water partition coefficient (Wildman–Crippen LogP) is 2.45. The van der Waals surface area contributed by atoms with Crippen LogP contribution in [0.1, 0.15) is 35.3 Å². The summed E-state index contributed by atoms with van der Waals surface area (Å²) in [5, 5.41) is 5.79. The predicted molar refractivity (Wildman–Crippen MR) is 109 cm³/mol. The summed E-state index contributed by atoms with van der Waals surface area (Å²) in [6.07, 6.45) is 8.37. The lowest BCUT2D eigenvalue weighted by atomic mass is 10.2. The number of thiazole rings is 1. The van der Waals surface area contributed by atoms with E-state index in [-0.39, 0.29) is 11.9 Å². The van der Waals surface area contributed by atoms with Crippen molar-refractivity contribution in [3.05, 3.63) is 46.8 Å². The zero-order chi connectivity index (χ0) is 19.1. The maximum Gasteiger partial charge on any atom is 0.273 e. The number of nitrogens with one attached hydrogen (secondary N) is 1. The molecule has 2 aromatic heterocycles. The maximum atomic E-state index is 13.0. The first-order valence-electron chi connectivity index (χ1n) is 9.06. The summed E-state index contributed by atoms with van der Waals surface area (Å²) < 4.78 is 0. The molecule has 3 N–H and O–H groups in total. The Morgan fingerprint density at radius 3 is 3.11 bits per heavy atom. The number of aliphatic imine (C=N–C) groups is 1. The van der Waals surface area contributed by atoms with Crippen molar-refractivity contribution in [2.75, 3.05) is 19.6 Å². The molecule has 1 atom stereocenters. The molecule has 0 spiro atoms. The van der Waals surface area contributed by atoms with E-state index in [0.29, 0.717) is 16.3 Å². The van der Waals surface area contributed by atoms with E-state index in [2.05, 4.69) is 27.2 Å². The van der Waals surface area contributed by atoms with Gasteiger partial charge in [-0.3, -0.25) is 14.8 Å². The Kier molecular flexibility index (Phi) is 6.67. The molecular weight excluding hydrogens is 360 g/mol. The molecule has 27 heavy (non-hydrogen) atoms. The van der Waals surface area contributed by atoms with E-state index in [1.165, 1.54) is 17.5 Å². The summed E-state index contributed by atoms with van der Waals surface area (Å²) in [7, 11) is 0. The monoisotopic (exact) mass is 384 g/mol. The average molecular weight is 385 g/mol. The van der Waals surface area contributed by atoms with Crippen LogP contribution < -0.4 is 11.1 Å². The number of carbonyl (C=O) groups excluding carboxylic acids is 1. The fraction of sp³-hybridized carbons (Fsp3) is 0.368. The van der Waals surface area contributed by atoms with Crippen LogP contribution in [0, 0.1) is 0 Å². The van der Waals surface area contributed by atoms with Crippen LogP contribution in [0.5, 0.6) is 0 Å². The highest BCUT2D eigenvalue weighted by molar-refractivity contribution is 7.11. The molecule has 7 nitrogen and oxygen atoms in total. The van der Waals surface area contributed by atoms with Gasteiger partial charge in [0, 0.05) is 48.7 Å². The van der Waals surface area contributed by atoms with Gasteiger partial charge in [-0.05, 0) is 31.5 Å². The van der Waals surface area contributed by atoms with Gasteiger partial charge in [-0.25, -0.2) is 4.98 Å². The highest BCUT2D eigenvalue weighted by Crippen LogP contribution is 2.21. The van der Waals surface area contributed by atoms with Crippen LogP contribution in [-0.4, -0.2) is 52.7 Å². The average Bonchev–Trinajstić information content (AvgIpc) is 3.39. The lowest BCUT2D eigenvalue weighted by Gasteiger charge is -2.27. The van der Waals surface area contributed by atoms with Gasteiger partial charge in [0.25, 0.3) is 5.91 Å². The third-order valence-corrected chi connectivity index (χ3v) is 5.24. The second-order valence-corrected chi connectivity index (χ2v) is 7.13. The van der Waals surface area contributed by atoms with Gasteiger partial charge in [0.1, 0.15) is 10.7 Å². The van der Waals surface area contributed by atoms with E-state index in [1.54, 1.807) is 24.0 Å². The summed E-state index contributed by atoms with van der Waals surface area (Å²) in [6.45, 7) is 4.61. The molecule has 0 unspecified atom stereocenters. The number of aromatic nitrogens is 2. The van der Waals surface area contributed by atoms with Gasteiger partial charge in [0.05, 0.1) is 11.9 Å². The van der Waals surface area contributed by atoms with Gasteiger partial charge < -0.3 is 16.0 Å². The number of hydrogen-bond donors (Lipinski definition) is 2. The fourth-order valence-electron chi connectivity index (χ4n) is 2.99. The number of nitrogens with two attached hydrogens (primary N) is 1. The van der Waals surface area contributed by atoms with Gasteiger partial charge in [-0.15, -0.1) is 11.3 Å². The molecule has 3 heterocycles. The Balaban J connectivity index is 1.75. The van der Waals surface area contributed by atoms with Gasteiger partial charge in [0.15, 0.2) is 0 Å². The van der Waals surface area contributed by atoms with Crippen LogP contribution >= 0.6 is 11.3 Å². The first kappa shape index (κ1) is 19.2. The van der Waals surface area contributed by atoms with Crippen LogP contribution in [0.25, 0.3) is 5.57 Å². The summed E-state index contributed by atoms with van der Waals surface area (Å²) in [5.74, 6) is -0.0198. The van der Waals surface area contributed by atoms with Crippen LogP contribution in [-0.2, 0) is 0 Å². The molecular formula is C19H24N6OS. The summed E-state index contributed by atoms with van der Waals surface area (Å²) >= 11 is 1.39. The van der Waals surface area contributed by atoms with Crippen molar-refractivity contribution < 1.29 is 4.79 Å². The number of nitrogens with zero attached hydrogens (tertiary/aromatic N) is 4. The SMILES string of the molecule is CCCN(C(=O)c1csc(/C(C=Nc2cccnc2)=C/N)n1)[C@H]1CCNC1. The number of carbonyl (C=O) groups is 1. The van der Waals surface area contributed by atoms with Crippen LogP contribution in [0.15, 0.2) is 41.1 Å². The topological polar surface area (TPSA) is 96.5 Å². The molecule has 3 rings (SSSR count). The first-order valence-corrected chi connectivity index (χ1v) is 9.94. The highest BCUT2D eigenvalue weighted by Gasteiger charge is 2.28. The molecule has 1 aliphatic rings. The quantitative estimate of drug-likeness (QED) is 0.715. The molecule has 2 aromatic rings. The van der Waals surface area contributed by atoms with Crippen molar-refractivity contribution in [2.24, 2.45) is 10.7 Å². The number of rotatable bonds is 7. The molecule has 1 saturated heterocycles. The van der Waals surface area contributed by atoms with Crippen molar-refractivity contribution in [2.45, 2.75) is 25.8 Å². The Labute approximate surface area is 163 Å². The molecule has 0 aromatic carbocycles. The minimum absolute atomic E-state index is 0.0198. The molecule has 8 heteroatoms. The van der Waals surface area contributed by atoms with E-state index in [1.807, 2.05) is 17.0 Å². The standard InChI is InChI=1S/C19H24N6OS/c1-2-8-25(16-5-7-22-12-16)19(26)17-13-27-18(24-17)14(9-20)10-23-15-4-3-6-21-11-15/h3-4,6,9-11,13,16,22H,2,5,7-8,12,20H2,1H3/b14-9+,23-10?/t16-/m0/s1. The van der Waals surface area contributed by atoms with E-state index >= 15 is 0 Å². The summed E-state index contributed by atoms with van der Waals surface area (Å²) in [4.78, 5) is 27.8. The van der Waals surface area contributed by atoms with Gasteiger partial charge in [0.2, 0.25) is 0 Å². The lowest BCUT2D eigenvalue weighted by molar-refractivity contribution is 0.0687. The molecule has 0 aliphatic carbocycles. The van der Waals surface area contributed by atoms with Crippen LogP contribution in [0.4, 0.5) is 5.69 Å². The lowest BCUT2D eigenvalue weighted by Crippen LogP contribution is -2.42. The third kappa shape index (κ3) is 4.78. The normalized spacial score (nSPS) is 17.5. The van der Waals surface area contributed by atoms with Crippen molar-refractivity contribution in [3.63, 3.8) is 0 Å². The number of amides is 1. The summed E-state index contributed by atoms with van der Waals surface area (Å²) in [5.41, 5.74) is 7.62. The van der Waals surface area contributed by atoms with Crippen molar-refractivity contribution >= 4 is 34.7 Å². The Morgan fingerprint density at radius 1 is 1.56 bits per heavy atom. The van der Waals surface area contributed by atoms with Crippen LogP contribution in [0.2, 0.25) is 0 Å². The highest BCUT2D eigenvalue weighted by atomic mass is 32.1. The Hall–Kier alpha value is -2.58. The fourth-order valence-corrected chi connectivity index (χ4v) is 3.78. The molecule has 1 fully saturated rings. The number of allylic oxidation sites excluding steroid dienone is 1. The van der Waals surface area contributed by atoms with E-state index in [4.69, 9.17) is 5.73 Å². The Morgan fingerprint density at radius 2 is 2.44 bits per heavy atom. The van der Waals surface area contributed by atoms with E-state index in [0.717, 1.165) is 38.2 Å². The largest absolute Gasteiger partial charge is 0.404 e. The Bertz CT molecular complexity index is 811. The zero-order valence-corrected chi connectivity index (χ0v) is 16.2. The summed E-state index contributed by atoms with van der Waals surface area (Å²) in [6, 6.07) is 3.91. The van der Waals surface area contributed by atoms with E-state index in [9.17, 15) is 4.79 Å². The van der Waals surface area contributed by atoms with Crippen molar-refractivity contribution in [3.8, 4) is 0 Å². The first-order chi connectivity index (χ1) is 13.2. The minimum atomic E-state index is -0.0198. The van der Waals surface area contributed by atoms with Crippen molar-refractivity contribution in [1.29, 1.82) is 0 Å². The molecule has 0 saturated carbocycles. The molecule has 0 bridgehead atoms. The number of pyridine rings is 1. The smallest absolute Gasteiger partial charge is 0.273 e. The molecule has 1 aliphatic heterocycles. The zero-order valence-electron chi connectivity index (χ0n) is 15.3. The molecule has 142 valence electrons. The van der Waals surface area contributed by atoms with Crippen molar-refractivity contribution in [1.82, 2.24) is 20.2 Å². The number of hydrogen-bond acceptors (Lipinski definition) is 7. The van der Waals surface area contributed by atoms with Gasteiger partial charge >= 0.3 is 0 Å².